The van der Waals surface area contributed by atoms with E-state index in [1.54, 1.807) is 26.8 Å². The van der Waals surface area contributed by atoms with Crippen LogP contribution in [-0.2, 0) is 33.0 Å². The number of hydrogen-bond acceptors (Lipinski definition) is 7. The van der Waals surface area contributed by atoms with Gasteiger partial charge in [-0.15, -0.1) is 0 Å². The molecular formula is C30H36O7Si. The Bertz CT molecular complexity index is 1140. The fraction of sp³-hybridized carbons (Fsp3) is 0.367. The van der Waals surface area contributed by atoms with Crippen LogP contribution < -0.4 is 10.4 Å². The van der Waals surface area contributed by atoms with Gasteiger partial charge in [-0.3, -0.25) is 0 Å². The van der Waals surface area contributed by atoms with Gasteiger partial charge in [-0.2, -0.15) is 0 Å². The highest BCUT2D eigenvalue weighted by Crippen LogP contribution is 2.37. The minimum Gasteiger partial charge on any atom is -0.460 e. The van der Waals surface area contributed by atoms with Gasteiger partial charge < -0.3 is 18.6 Å². The topological polar surface area (TPSA) is 88.1 Å². The van der Waals surface area contributed by atoms with Crippen LogP contribution in [0, 0.1) is 0 Å². The highest BCUT2D eigenvalue weighted by molar-refractivity contribution is 6.99. The summed E-state index contributed by atoms with van der Waals surface area (Å²) in [5.74, 6) is -1.74. The molecule has 0 saturated heterocycles. The first-order chi connectivity index (χ1) is 18.0. The second-order valence-corrected chi connectivity index (χ2v) is 14.5. The van der Waals surface area contributed by atoms with Crippen molar-refractivity contribution in [3.05, 3.63) is 84.5 Å². The molecule has 0 aliphatic carbocycles. The summed E-state index contributed by atoms with van der Waals surface area (Å²) in [6.07, 6.45) is 1.49. The van der Waals surface area contributed by atoms with Gasteiger partial charge in [0.1, 0.15) is 12.7 Å². The highest BCUT2D eigenvalue weighted by Gasteiger charge is 2.52. The molecule has 0 unspecified atom stereocenters. The van der Waals surface area contributed by atoms with E-state index in [0.29, 0.717) is 5.57 Å². The van der Waals surface area contributed by atoms with Crippen LogP contribution in [0.1, 0.15) is 41.5 Å². The van der Waals surface area contributed by atoms with Crippen molar-refractivity contribution >= 4 is 36.6 Å². The minimum atomic E-state index is -2.98. The van der Waals surface area contributed by atoms with Gasteiger partial charge in [0.15, 0.2) is 12.2 Å². The Morgan fingerprint density at radius 3 is 2.08 bits per heavy atom. The summed E-state index contributed by atoms with van der Waals surface area (Å²) in [4.78, 5) is 37.3. The zero-order chi connectivity index (χ0) is 27.9. The molecule has 1 aliphatic heterocycles. The molecule has 0 saturated carbocycles. The Kier molecular flexibility index (Phi) is 9.46. The number of cyclic esters (lactones) is 1. The molecule has 3 rings (SSSR count). The molecule has 2 aromatic rings. The Morgan fingerprint density at radius 2 is 1.58 bits per heavy atom. The molecule has 1 aliphatic rings. The molecule has 2 aromatic carbocycles. The normalized spacial score (nSPS) is 18.9. The van der Waals surface area contributed by atoms with E-state index >= 15 is 0 Å². The summed E-state index contributed by atoms with van der Waals surface area (Å²) in [6.45, 7) is 11.1. The van der Waals surface area contributed by atoms with Gasteiger partial charge in [0.05, 0.1) is 0 Å². The van der Waals surface area contributed by atoms with E-state index < -0.39 is 44.5 Å². The summed E-state index contributed by atoms with van der Waals surface area (Å²) in [5.41, 5.74) is 0.415. The van der Waals surface area contributed by atoms with Gasteiger partial charge >= 0.3 is 17.9 Å². The lowest BCUT2D eigenvalue weighted by Crippen LogP contribution is -2.68. The first kappa shape index (κ1) is 29.1. The lowest BCUT2D eigenvalue weighted by atomic mass is 10.1. The molecule has 202 valence electrons. The smallest absolute Gasteiger partial charge is 0.334 e. The highest BCUT2D eigenvalue weighted by atomic mass is 28.4. The number of ether oxygens (including phenoxy) is 3. The summed E-state index contributed by atoms with van der Waals surface area (Å²) >= 11 is 0. The van der Waals surface area contributed by atoms with Crippen molar-refractivity contribution in [2.24, 2.45) is 0 Å². The number of carbonyl (C=O) groups excluding carboxylic acids is 3. The van der Waals surface area contributed by atoms with E-state index in [2.05, 4.69) is 20.8 Å². The molecule has 38 heavy (non-hydrogen) atoms. The van der Waals surface area contributed by atoms with Gasteiger partial charge in [0.25, 0.3) is 8.32 Å². The lowest BCUT2D eigenvalue weighted by Gasteiger charge is -2.44. The molecule has 8 heteroatoms. The van der Waals surface area contributed by atoms with E-state index in [4.69, 9.17) is 18.6 Å². The van der Waals surface area contributed by atoms with Crippen LogP contribution in [0.25, 0.3) is 0 Å². The monoisotopic (exact) mass is 536 g/mol. The van der Waals surface area contributed by atoms with Gasteiger partial charge in [0.2, 0.25) is 0 Å². The third kappa shape index (κ3) is 6.49. The standard InChI is InChI=1S/C30H36O7Si/c1-7-21(2)28(32)36-25-18-19-27(31)35-26(25)20-34-29(33)22(3)37-38(30(4,5)6,23-14-10-8-11-15-23)24-16-12-9-13-17-24/h7-19,22,25-26H,20H2,1-6H3/b21-7+/t22-,25-,26-/m0/s1. The fourth-order valence-electron chi connectivity index (χ4n) is 4.42. The van der Waals surface area contributed by atoms with Crippen molar-refractivity contribution in [3.8, 4) is 0 Å². The Balaban J connectivity index is 1.82. The predicted octanol–water partition coefficient (Wildman–Crippen LogP) is 3.85. The van der Waals surface area contributed by atoms with E-state index in [0.717, 1.165) is 10.4 Å². The van der Waals surface area contributed by atoms with Gasteiger partial charge in [-0.25, -0.2) is 14.4 Å². The first-order valence-electron chi connectivity index (χ1n) is 12.7. The van der Waals surface area contributed by atoms with Crippen molar-refractivity contribution in [2.75, 3.05) is 6.61 Å². The number of allylic oxidation sites excluding steroid dienone is 1. The van der Waals surface area contributed by atoms with Gasteiger partial charge in [-0.1, -0.05) is 87.5 Å². The van der Waals surface area contributed by atoms with Crippen molar-refractivity contribution in [3.63, 3.8) is 0 Å². The zero-order valence-corrected chi connectivity index (χ0v) is 23.8. The summed E-state index contributed by atoms with van der Waals surface area (Å²) in [5, 5.41) is 1.75. The third-order valence-electron chi connectivity index (χ3n) is 6.55. The second kappa shape index (κ2) is 12.4. The number of esters is 3. The number of hydrogen-bond donors (Lipinski definition) is 0. The maximum absolute atomic E-state index is 13.2. The number of carbonyl (C=O) groups is 3. The SMILES string of the molecule is C/C=C(\C)C(=O)O[C@H]1C=CC(=O)O[C@H]1COC(=O)[C@H](C)O[Si](c1ccccc1)(c1ccccc1)C(C)(C)C. The van der Waals surface area contributed by atoms with Gasteiger partial charge in [0, 0.05) is 11.6 Å². The molecular weight excluding hydrogens is 500 g/mol. The van der Waals surface area contributed by atoms with E-state index in [1.165, 1.54) is 12.2 Å². The first-order valence-corrected chi connectivity index (χ1v) is 14.6. The Hall–Kier alpha value is -3.49. The molecule has 7 nitrogen and oxygen atoms in total. The largest absolute Gasteiger partial charge is 0.460 e. The molecule has 0 spiro atoms. The molecule has 3 atom stereocenters. The van der Waals surface area contributed by atoms with E-state index in [1.807, 2.05) is 60.7 Å². The zero-order valence-electron chi connectivity index (χ0n) is 22.8. The summed E-state index contributed by atoms with van der Waals surface area (Å²) in [6, 6.07) is 20.0. The predicted molar refractivity (Wildman–Crippen MR) is 147 cm³/mol. The molecule has 0 fully saturated rings. The van der Waals surface area contributed by atoms with Gasteiger partial charge in [-0.05, 0) is 42.3 Å². The fourth-order valence-corrected chi connectivity index (χ4v) is 9.06. The molecule has 0 bridgehead atoms. The minimum absolute atomic E-state index is 0.282. The van der Waals surface area contributed by atoms with E-state index in [-0.39, 0.29) is 11.6 Å². The molecule has 0 aromatic heterocycles. The number of rotatable bonds is 9. The van der Waals surface area contributed by atoms with Crippen LogP contribution in [0.2, 0.25) is 5.04 Å². The maximum Gasteiger partial charge on any atom is 0.334 e. The quantitative estimate of drug-likeness (QED) is 0.208. The third-order valence-corrected chi connectivity index (χ3v) is 11.7. The van der Waals surface area contributed by atoms with Crippen LogP contribution >= 0.6 is 0 Å². The average Bonchev–Trinajstić information content (AvgIpc) is 2.91. The Morgan fingerprint density at radius 1 is 1.03 bits per heavy atom. The van der Waals surface area contributed by atoms with Crippen LogP contribution in [0.15, 0.2) is 84.5 Å². The van der Waals surface area contributed by atoms with Crippen LogP contribution in [0.3, 0.4) is 0 Å². The van der Waals surface area contributed by atoms with Crippen molar-refractivity contribution in [1.82, 2.24) is 0 Å². The maximum atomic E-state index is 13.2. The molecule has 1 heterocycles. The summed E-state index contributed by atoms with van der Waals surface area (Å²) < 4.78 is 23.1. The second-order valence-electron chi connectivity index (χ2n) is 10.2. The molecule has 0 N–H and O–H groups in total. The van der Waals surface area contributed by atoms with Crippen LogP contribution in [0.4, 0.5) is 0 Å². The lowest BCUT2D eigenvalue weighted by molar-refractivity contribution is -0.172. The number of benzene rings is 2. The average molecular weight is 537 g/mol. The molecule has 0 radical (unpaired) electrons. The van der Waals surface area contributed by atoms with Crippen LogP contribution in [-0.4, -0.2) is 51.1 Å². The Labute approximate surface area is 225 Å². The van der Waals surface area contributed by atoms with E-state index in [9.17, 15) is 14.4 Å². The summed E-state index contributed by atoms with van der Waals surface area (Å²) in [7, 11) is -2.98. The van der Waals surface area contributed by atoms with Crippen molar-refractivity contribution < 1.29 is 33.0 Å². The molecule has 0 amide bonds. The van der Waals surface area contributed by atoms with Crippen molar-refractivity contribution in [2.45, 2.75) is 64.9 Å². The van der Waals surface area contributed by atoms with Crippen molar-refractivity contribution in [1.29, 1.82) is 0 Å². The van der Waals surface area contributed by atoms with Crippen LogP contribution in [0.5, 0.6) is 0 Å².